The summed E-state index contributed by atoms with van der Waals surface area (Å²) in [6, 6.07) is 8.95. The molecule has 0 unspecified atom stereocenters. The first-order valence-electron chi connectivity index (χ1n) is 16.7. The van der Waals surface area contributed by atoms with Gasteiger partial charge in [0, 0.05) is 29.2 Å². The first kappa shape index (κ1) is 37.5. The maximum atomic E-state index is 15.2. The van der Waals surface area contributed by atoms with Crippen LogP contribution in [0.15, 0.2) is 66.4 Å². The molecule has 2 aliphatic carbocycles. The number of ether oxygens (including phenoxy) is 1. The Bertz CT molecular complexity index is 2110. The molecular formula is C36H28Cl2F6N4O6. The van der Waals surface area contributed by atoms with Crippen molar-refractivity contribution >= 4 is 52.6 Å². The normalized spacial score (nSPS) is 26.8. The molecule has 2 aromatic carbocycles. The van der Waals surface area contributed by atoms with Crippen LogP contribution in [0.4, 0.5) is 32.2 Å². The van der Waals surface area contributed by atoms with E-state index in [-0.39, 0.29) is 35.5 Å². The largest absolute Gasteiger partial charge is 0.573 e. The number of amides is 4. The molecule has 4 aliphatic rings. The number of aromatic hydroxyl groups is 1. The number of aromatic nitrogens is 1. The highest BCUT2D eigenvalue weighted by Crippen LogP contribution is 2.65. The average Bonchev–Trinajstić information content (AvgIpc) is 3.46. The summed E-state index contributed by atoms with van der Waals surface area (Å²) in [6.45, 7) is 1.91. The number of hydrogen-bond acceptors (Lipinski definition) is 8. The number of pyridine rings is 1. The molecular weight excluding hydrogens is 769 g/mol. The molecule has 18 heteroatoms. The molecule has 54 heavy (non-hydrogen) atoms. The van der Waals surface area contributed by atoms with Crippen molar-refractivity contribution in [1.82, 2.24) is 14.9 Å². The smallest absolute Gasteiger partial charge is 0.508 e. The number of imide groups is 2. The maximum Gasteiger partial charge on any atom is 0.573 e. The Hall–Kier alpha value is -4.83. The van der Waals surface area contributed by atoms with Crippen LogP contribution in [0.5, 0.6) is 11.5 Å². The topological polar surface area (TPSA) is 129 Å². The fraction of sp³-hybridized carbons (Fsp3) is 0.361. The van der Waals surface area contributed by atoms with Crippen LogP contribution in [-0.2, 0) is 30.8 Å². The summed E-state index contributed by atoms with van der Waals surface area (Å²) in [5.41, 5.74) is -0.650. The number of anilines is 1. The van der Waals surface area contributed by atoms with Gasteiger partial charge in [-0.2, -0.15) is 18.2 Å². The number of phenols is 1. The average molecular weight is 798 g/mol. The van der Waals surface area contributed by atoms with Crippen molar-refractivity contribution in [3.05, 3.63) is 93.1 Å². The third-order valence-electron chi connectivity index (χ3n) is 10.6. The third-order valence-corrected chi connectivity index (χ3v) is 11.2. The van der Waals surface area contributed by atoms with Crippen molar-refractivity contribution in [3.8, 4) is 11.5 Å². The lowest BCUT2D eigenvalue weighted by Crippen LogP contribution is -2.53. The zero-order chi connectivity index (χ0) is 39.1. The Morgan fingerprint density at radius 1 is 0.963 bits per heavy atom. The van der Waals surface area contributed by atoms with E-state index in [1.807, 2.05) is 0 Å². The van der Waals surface area contributed by atoms with Crippen LogP contribution >= 0.6 is 23.2 Å². The SMILES string of the molecule is CCCN1C(=O)[C@H]2[C@H](CC=C3[C@H]2C[C@H]2C(=O)N(Nc4ncc(C(F)(F)F)cc4Cl)C(=O)[C@@]2(c2ccc(Cl)cc2)[C@H]3c2cc(OC(F)(F)F)ccc2O)C1=O. The lowest BCUT2D eigenvalue weighted by atomic mass is 9.49. The van der Waals surface area contributed by atoms with Crippen molar-refractivity contribution in [2.45, 2.75) is 50.1 Å². The number of fused-ring (bicyclic) bond motifs is 4. The van der Waals surface area contributed by atoms with E-state index in [1.165, 1.54) is 24.3 Å². The molecule has 1 aromatic heterocycles. The fourth-order valence-electron chi connectivity index (χ4n) is 8.60. The molecule has 10 nitrogen and oxygen atoms in total. The number of phenolic OH excluding ortho intramolecular Hbond substituents is 1. The number of hydrazine groups is 1. The van der Waals surface area contributed by atoms with Gasteiger partial charge in [0.05, 0.1) is 33.8 Å². The fourth-order valence-corrected chi connectivity index (χ4v) is 8.93. The van der Waals surface area contributed by atoms with Gasteiger partial charge in [0.15, 0.2) is 5.82 Å². The summed E-state index contributed by atoms with van der Waals surface area (Å²) in [5, 5.41) is 11.6. The van der Waals surface area contributed by atoms with Gasteiger partial charge in [0.1, 0.15) is 11.5 Å². The summed E-state index contributed by atoms with van der Waals surface area (Å²) in [4.78, 5) is 62.2. The van der Waals surface area contributed by atoms with Gasteiger partial charge >= 0.3 is 12.5 Å². The van der Waals surface area contributed by atoms with Gasteiger partial charge in [-0.25, -0.2) is 4.98 Å². The lowest BCUT2D eigenvalue weighted by Gasteiger charge is -2.50. The van der Waals surface area contributed by atoms with Gasteiger partial charge in [0.25, 0.3) is 11.8 Å². The van der Waals surface area contributed by atoms with Gasteiger partial charge in [-0.05, 0) is 67.1 Å². The summed E-state index contributed by atoms with van der Waals surface area (Å²) in [5.74, 6) is -10.4. The van der Waals surface area contributed by atoms with Crippen molar-refractivity contribution < 1.29 is 55.4 Å². The first-order chi connectivity index (χ1) is 25.4. The lowest BCUT2D eigenvalue weighted by molar-refractivity contribution is -0.274. The molecule has 6 atom stereocenters. The highest BCUT2D eigenvalue weighted by atomic mass is 35.5. The van der Waals surface area contributed by atoms with E-state index in [0.29, 0.717) is 29.3 Å². The Balaban J connectivity index is 1.46. The number of nitrogens with one attached hydrogen (secondary N) is 1. The molecule has 3 heterocycles. The molecule has 2 N–H and O–H groups in total. The summed E-state index contributed by atoms with van der Waals surface area (Å²) >= 11 is 12.4. The van der Waals surface area contributed by atoms with E-state index in [4.69, 9.17) is 23.2 Å². The Morgan fingerprint density at radius 3 is 2.30 bits per heavy atom. The summed E-state index contributed by atoms with van der Waals surface area (Å²) in [7, 11) is 0. The van der Waals surface area contributed by atoms with Gasteiger partial charge in [-0.1, -0.05) is 53.9 Å². The number of hydrogen-bond donors (Lipinski definition) is 2. The Labute approximate surface area is 312 Å². The molecule has 2 saturated heterocycles. The molecule has 0 spiro atoms. The number of allylic oxidation sites excluding steroid dienone is 2. The van der Waals surface area contributed by atoms with Gasteiger partial charge in [-0.3, -0.25) is 29.5 Å². The van der Waals surface area contributed by atoms with E-state index in [1.54, 1.807) is 13.0 Å². The molecule has 4 amide bonds. The van der Waals surface area contributed by atoms with E-state index in [9.17, 15) is 45.8 Å². The van der Waals surface area contributed by atoms with Crippen LogP contribution < -0.4 is 10.2 Å². The number of rotatable bonds is 7. The van der Waals surface area contributed by atoms with Crippen molar-refractivity contribution in [2.75, 3.05) is 12.0 Å². The second kappa shape index (κ2) is 13.2. The number of carbonyl (C=O) groups excluding carboxylic acids is 4. The molecule has 3 fully saturated rings. The molecule has 0 radical (unpaired) electrons. The van der Waals surface area contributed by atoms with Gasteiger partial charge in [0.2, 0.25) is 11.8 Å². The van der Waals surface area contributed by atoms with Crippen LogP contribution in [0, 0.1) is 23.7 Å². The minimum absolute atomic E-state index is 0.00778. The second-order valence-corrected chi connectivity index (χ2v) is 14.4. The molecule has 7 rings (SSSR count). The van der Waals surface area contributed by atoms with E-state index < -0.39 is 99.1 Å². The number of carbonyl (C=O) groups is 4. The van der Waals surface area contributed by atoms with E-state index >= 15 is 4.79 Å². The van der Waals surface area contributed by atoms with E-state index in [2.05, 4.69) is 15.1 Å². The molecule has 0 bridgehead atoms. The number of benzene rings is 2. The Kier molecular flexibility index (Phi) is 9.15. The predicted molar refractivity (Wildman–Crippen MR) is 179 cm³/mol. The highest BCUT2D eigenvalue weighted by molar-refractivity contribution is 6.33. The Morgan fingerprint density at radius 2 is 1.67 bits per heavy atom. The molecule has 1 saturated carbocycles. The highest BCUT2D eigenvalue weighted by Gasteiger charge is 2.70. The van der Waals surface area contributed by atoms with Gasteiger partial charge in [-0.15, -0.1) is 13.2 Å². The standard InChI is InChI=1S/C36H28Cl2F6N4O6/c1-2-11-47-30(50)21-9-8-20-22(27(21)32(47)52)14-24-31(51)48(46-29-25(38)12-17(15-45-29)35(39,40)41)33(53)34(24,16-3-5-18(37)6-4-16)28(20)23-13-19(7-10-26(23)49)54-36(42,43)44/h3-8,10,12-13,15,21-22,24,27-28,49H,2,9,11,14H2,1H3,(H,45,46)/t21-,22+,24-,27-,28+,34+/m0/s1. The van der Waals surface area contributed by atoms with Crippen LogP contribution in [0.2, 0.25) is 10.0 Å². The van der Waals surface area contributed by atoms with Crippen molar-refractivity contribution in [1.29, 1.82) is 0 Å². The van der Waals surface area contributed by atoms with Crippen LogP contribution in [0.1, 0.15) is 48.8 Å². The molecule has 2 aliphatic heterocycles. The minimum Gasteiger partial charge on any atom is -0.508 e. The number of nitrogens with zero attached hydrogens (tertiary/aromatic N) is 3. The molecule has 3 aromatic rings. The zero-order valence-corrected chi connectivity index (χ0v) is 29.4. The quantitative estimate of drug-likeness (QED) is 0.144. The second-order valence-electron chi connectivity index (χ2n) is 13.5. The minimum atomic E-state index is -5.16. The number of alkyl halides is 6. The number of halogens is 8. The van der Waals surface area contributed by atoms with Crippen molar-refractivity contribution in [2.24, 2.45) is 23.7 Å². The zero-order valence-electron chi connectivity index (χ0n) is 27.8. The predicted octanol–water partition coefficient (Wildman–Crippen LogP) is 7.41. The van der Waals surface area contributed by atoms with Crippen LogP contribution in [0.25, 0.3) is 0 Å². The number of likely N-dealkylation sites (tertiary alicyclic amines) is 1. The summed E-state index contributed by atoms with van der Waals surface area (Å²) in [6.07, 6.45) is -7.67. The van der Waals surface area contributed by atoms with Crippen molar-refractivity contribution in [3.63, 3.8) is 0 Å². The molecule has 284 valence electrons. The van der Waals surface area contributed by atoms with Crippen LogP contribution in [0.3, 0.4) is 0 Å². The first-order valence-corrected chi connectivity index (χ1v) is 17.4. The maximum absolute atomic E-state index is 15.2. The van der Waals surface area contributed by atoms with E-state index in [0.717, 1.165) is 23.1 Å². The summed E-state index contributed by atoms with van der Waals surface area (Å²) < 4.78 is 85.0. The van der Waals surface area contributed by atoms with Gasteiger partial charge < -0.3 is 9.84 Å². The third kappa shape index (κ3) is 5.93. The monoisotopic (exact) mass is 796 g/mol. The van der Waals surface area contributed by atoms with Crippen LogP contribution in [-0.4, -0.2) is 56.5 Å².